The maximum atomic E-state index is 13.3. The van der Waals surface area contributed by atoms with E-state index in [4.69, 9.17) is 16.6 Å². The molecule has 0 aromatic heterocycles. The Kier molecular flexibility index (Phi) is 6.15. The van der Waals surface area contributed by atoms with Crippen LogP contribution >= 0.6 is 11.6 Å². The number of Topliss-reactive ketones (excluding diaryl/α,β-unsaturated/α-hetero) is 1. The number of ketones is 1. The van der Waals surface area contributed by atoms with Gasteiger partial charge in [-0.15, -0.1) is 0 Å². The molecular formula is C23H19ClFNO. The number of hydrogen-bond donors (Lipinski definition) is 0. The van der Waals surface area contributed by atoms with Crippen molar-refractivity contribution in [3.05, 3.63) is 106 Å². The number of benzene rings is 3. The molecule has 0 aliphatic heterocycles. The molecule has 4 heteroatoms. The molecule has 0 heterocycles. The van der Waals surface area contributed by atoms with Gasteiger partial charge >= 0.3 is 0 Å². The van der Waals surface area contributed by atoms with Gasteiger partial charge in [0.15, 0.2) is 5.78 Å². The molecule has 0 aliphatic rings. The summed E-state index contributed by atoms with van der Waals surface area (Å²) in [5.41, 5.74) is 3.30. The average molecular weight is 380 g/mol. The Morgan fingerprint density at radius 3 is 2.00 bits per heavy atom. The van der Waals surface area contributed by atoms with Gasteiger partial charge in [-0.1, -0.05) is 78.3 Å². The van der Waals surface area contributed by atoms with E-state index < -0.39 is 11.9 Å². The van der Waals surface area contributed by atoms with Gasteiger partial charge in [-0.3, -0.25) is 9.79 Å². The monoisotopic (exact) mass is 379 g/mol. The molecule has 0 spiro atoms. The molecule has 3 aromatic rings. The number of nitrogens with zero attached hydrogens (tertiary/aromatic N) is 1. The molecule has 136 valence electrons. The summed E-state index contributed by atoms with van der Waals surface area (Å²) >= 11 is 6.15. The van der Waals surface area contributed by atoms with E-state index in [2.05, 4.69) is 0 Å². The van der Waals surface area contributed by atoms with Crippen LogP contribution in [0.2, 0.25) is 5.02 Å². The van der Waals surface area contributed by atoms with E-state index in [0.717, 1.165) is 16.8 Å². The predicted octanol–water partition coefficient (Wildman–Crippen LogP) is 5.52. The second-order valence-electron chi connectivity index (χ2n) is 6.28. The van der Waals surface area contributed by atoms with E-state index in [-0.39, 0.29) is 5.78 Å². The molecule has 1 atom stereocenters. The van der Waals surface area contributed by atoms with Crippen molar-refractivity contribution in [2.24, 2.45) is 4.99 Å². The topological polar surface area (TPSA) is 29.4 Å². The molecule has 0 radical (unpaired) electrons. The van der Waals surface area contributed by atoms with E-state index in [9.17, 15) is 9.18 Å². The first kappa shape index (κ1) is 19.0. The number of aliphatic imine (C=N–C) groups is 1. The van der Waals surface area contributed by atoms with Gasteiger partial charge in [-0.25, -0.2) is 4.39 Å². The lowest BCUT2D eigenvalue weighted by Crippen LogP contribution is -2.21. The molecule has 0 saturated heterocycles. The van der Waals surface area contributed by atoms with Crippen molar-refractivity contribution in [2.75, 3.05) is 0 Å². The number of hydrogen-bond acceptors (Lipinski definition) is 2. The zero-order valence-electron chi connectivity index (χ0n) is 14.9. The Bertz CT molecular complexity index is 913. The van der Waals surface area contributed by atoms with Crippen LogP contribution in [0.15, 0.2) is 83.9 Å². The summed E-state index contributed by atoms with van der Waals surface area (Å²) in [5, 5.41) is 0.303. The minimum Gasteiger partial charge on any atom is -0.298 e. The number of carbonyl (C=O) groups excluding carboxylic acids is 1. The quantitative estimate of drug-likeness (QED) is 0.519. The van der Waals surface area contributed by atoms with Crippen molar-refractivity contribution in [1.82, 2.24) is 0 Å². The number of halogens is 2. The Balaban J connectivity index is 2.03. The number of rotatable bonds is 6. The van der Waals surface area contributed by atoms with Crippen molar-refractivity contribution in [3.8, 4) is 0 Å². The van der Waals surface area contributed by atoms with Crippen LogP contribution in [0, 0.1) is 5.82 Å². The summed E-state index contributed by atoms with van der Waals surface area (Å²) in [6.45, 7) is 1.51. The fourth-order valence-corrected chi connectivity index (χ4v) is 3.08. The van der Waals surface area contributed by atoms with Gasteiger partial charge in [0.25, 0.3) is 0 Å². The smallest absolute Gasteiger partial charge is 0.154 e. The molecule has 27 heavy (non-hydrogen) atoms. The van der Waals surface area contributed by atoms with Crippen molar-refractivity contribution >= 4 is 23.1 Å². The Morgan fingerprint density at radius 1 is 0.963 bits per heavy atom. The van der Waals surface area contributed by atoms with E-state index in [0.29, 0.717) is 17.0 Å². The zero-order chi connectivity index (χ0) is 19.2. The number of carbonyl (C=O) groups is 1. The maximum Gasteiger partial charge on any atom is 0.154 e. The van der Waals surface area contributed by atoms with Gasteiger partial charge in [0, 0.05) is 22.6 Å². The standard InChI is InChI=1S/C23H19ClFNO/c1-16(27)22(14-19-12-13-20(25)15-21(19)24)26-23(17-8-4-2-5-9-17)18-10-6-3-7-11-18/h2-13,15,22H,14H2,1H3. The van der Waals surface area contributed by atoms with Gasteiger partial charge in [-0.2, -0.15) is 0 Å². The third-order valence-corrected chi connectivity index (χ3v) is 4.63. The van der Waals surface area contributed by atoms with Gasteiger partial charge in [0.2, 0.25) is 0 Å². The largest absolute Gasteiger partial charge is 0.298 e. The summed E-state index contributed by atoms with van der Waals surface area (Å²) < 4.78 is 13.3. The van der Waals surface area contributed by atoms with Crippen molar-refractivity contribution < 1.29 is 9.18 Å². The van der Waals surface area contributed by atoms with Crippen molar-refractivity contribution in [2.45, 2.75) is 19.4 Å². The second kappa shape index (κ2) is 8.74. The predicted molar refractivity (Wildman–Crippen MR) is 108 cm³/mol. The fourth-order valence-electron chi connectivity index (χ4n) is 2.84. The lowest BCUT2D eigenvalue weighted by Gasteiger charge is -2.15. The van der Waals surface area contributed by atoms with Gasteiger partial charge < -0.3 is 0 Å². The summed E-state index contributed by atoms with van der Waals surface area (Å²) in [7, 11) is 0. The highest BCUT2D eigenvalue weighted by atomic mass is 35.5. The molecule has 3 rings (SSSR count). The second-order valence-corrected chi connectivity index (χ2v) is 6.68. The maximum absolute atomic E-state index is 13.3. The highest BCUT2D eigenvalue weighted by molar-refractivity contribution is 6.31. The molecule has 0 fully saturated rings. The Hall–Kier alpha value is -2.78. The van der Waals surface area contributed by atoms with Crippen molar-refractivity contribution in [1.29, 1.82) is 0 Å². The molecule has 0 saturated carbocycles. The molecule has 0 aliphatic carbocycles. The van der Waals surface area contributed by atoms with E-state index >= 15 is 0 Å². The van der Waals surface area contributed by atoms with Crippen LogP contribution in [0.1, 0.15) is 23.6 Å². The summed E-state index contributed by atoms with van der Waals surface area (Å²) in [5.74, 6) is -0.472. The van der Waals surface area contributed by atoms with Gasteiger partial charge in [-0.05, 0) is 24.6 Å². The van der Waals surface area contributed by atoms with Crippen molar-refractivity contribution in [3.63, 3.8) is 0 Å². The molecule has 1 unspecified atom stereocenters. The van der Waals surface area contributed by atoms with Gasteiger partial charge in [0.1, 0.15) is 11.9 Å². The first-order valence-electron chi connectivity index (χ1n) is 8.67. The average Bonchev–Trinajstić information content (AvgIpc) is 2.68. The summed E-state index contributed by atoms with van der Waals surface area (Å²) in [4.78, 5) is 17.1. The summed E-state index contributed by atoms with van der Waals surface area (Å²) in [6.07, 6.45) is 0.317. The zero-order valence-corrected chi connectivity index (χ0v) is 15.7. The van der Waals surface area contributed by atoms with E-state index in [1.807, 2.05) is 60.7 Å². The molecule has 0 bridgehead atoms. The van der Waals surface area contributed by atoms with Crippen LogP contribution in [0.5, 0.6) is 0 Å². The normalized spacial score (nSPS) is 11.7. The van der Waals surface area contributed by atoms with Crippen LogP contribution in [-0.4, -0.2) is 17.5 Å². The highest BCUT2D eigenvalue weighted by Gasteiger charge is 2.18. The molecule has 3 aromatic carbocycles. The first-order valence-corrected chi connectivity index (χ1v) is 9.05. The highest BCUT2D eigenvalue weighted by Crippen LogP contribution is 2.21. The van der Waals surface area contributed by atoms with Crippen LogP contribution in [0.4, 0.5) is 4.39 Å². The third kappa shape index (κ3) is 4.89. The SMILES string of the molecule is CC(=O)C(Cc1ccc(F)cc1Cl)N=C(c1ccccc1)c1ccccc1. The van der Waals surface area contributed by atoms with Crippen LogP contribution < -0.4 is 0 Å². The molecule has 0 N–H and O–H groups in total. The molecular weight excluding hydrogens is 361 g/mol. The Morgan fingerprint density at radius 2 is 1.52 bits per heavy atom. The third-order valence-electron chi connectivity index (χ3n) is 4.28. The lowest BCUT2D eigenvalue weighted by molar-refractivity contribution is -0.118. The van der Waals surface area contributed by atoms with Gasteiger partial charge in [0.05, 0.1) is 5.71 Å². The van der Waals surface area contributed by atoms with Crippen LogP contribution in [-0.2, 0) is 11.2 Å². The fraction of sp³-hybridized carbons (Fsp3) is 0.130. The van der Waals surface area contributed by atoms with Crippen LogP contribution in [0.25, 0.3) is 0 Å². The van der Waals surface area contributed by atoms with Crippen LogP contribution in [0.3, 0.4) is 0 Å². The lowest BCUT2D eigenvalue weighted by atomic mass is 9.99. The first-order chi connectivity index (χ1) is 13.0. The minimum atomic E-state index is -0.608. The molecule has 2 nitrogen and oxygen atoms in total. The van der Waals surface area contributed by atoms with E-state index in [1.165, 1.54) is 19.1 Å². The Labute approximate surface area is 163 Å². The summed E-state index contributed by atoms with van der Waals surface area (Å²) in [6, 6.07) is 23.1. The minimum absolute atomic E-state index is 0.0697. The van der Waals surface area contributed by atoms with E-state index in [1.54, 1.807) is 6.07 Å². The molecule has 0 amide bonds.